The second-order valence-electron chi connectivity index (χ2n) is 2.91. The van der Waals surface area contributed by atoms with E-state index in [0.717, 1.165) is 18.7 Å². The fraction of sp³-hybridized carbons (Fsp3) is 0.750. The van der Waals surface area contributed by atoms with Crippen LogP contribution < -0.4 is 5.32 Å². The van der Waals surface area contributed by atoms with E-state index in [9.17, 15) is 0 Å². The van der Waals surface area contributed by atoms with Crippen molar-refractivity contribution in [2.45, 2.75) is 19.4 Å². The van der Waals surface area contributed by atoms with Gasteiger partial charge < -0.3 is 10.1 Å². The van der Waals surface area contributed by atoms with Crippen LogP contribution in [-0.4, -0.2) is 25.8 Å². The zero-order valence-electron chi connectivity index (χ0n) is 6.52. The van der Waals surface area contributed by atoms with E-state index < -0.39 is 0 Å². The van der Waals surface area contributed by atoms with Crippen molar-refractivity contribution in [3.8, 4) is 0 Å². The molecule has 10 heavy (non-hydrogen) atoms. The van der Waals surface area contributed by atoms with E-state index in [2.05, 4.69) is 11.9 Å². The second kappa shape index (κ2) is 3.74. The first kappa shape index (κ1) is 7.76. The first-order valence-corrected chi connectivity index (χ1v) is 3.74. The molecule has 0 aliphatic carbocycles. The van der Waals surface area contributed by atoms with Crippen molar-refractivity contribution in [2.24, 2.45) is 0 Å². The fourth-order valence-electron chi connectivity index (χ4n) is 0.866. The van der Waals surface area contributed by atoms with Gasteiger partial charge in [-0.25, -0.2) is 0 Å². The summed E-state index contributed by atoms with van der Waals surface area (Å²) < 4.78 is 5.34. The Hall–Kier alpha value is -0.340. The van der Waals surface area contributed by atoms with E-state index in [4.69, 9.17) is 4.74 Å². The van der Waals surface area contributed by atoms with Gasteiger partial charge >= 0.3 is 0 Å². The van der Waals surface area contributed by atoms with Crippen LogP contribution in [-0.2, 0) is 4.74 Å². The van der Waals surface area contributed by atoms with Crippen LogP contribution in [0.3, 0.4) is 0 Å². The van der Waals surface area contributed by atoms with Crippen LogP contribution in [0.4, 0.5) is 0 Å². The zero-order chi connectivity index (χ0) is 7.40. The van der Waals surface area contributed by atoms with Gasteiger partial charge in [0, 0.05) is 6.04 Å². The molecule has 1 N–H and O–H groups in total. The van der Waals surface area contributed by atoms with Gasteiger partial charge in [-0.2, -0.15) is 0 Å². The van der Waals surface area contributed by atoms with Crippen molar-refractivity contribution in [3.05, 3.63) is 12.2 Å². The summed E-state index contributed by atoms with van der Waals surface area (Å²) in [4.78, 5) is 0. The predicted octanol–water partition coefficient (Wildman–Crippen LogP) is 0.941. The van der Waals surface area contributed by atoms with E-state index in [0.29, 0.717) is 12.6 Å². The van der Waals surface area contributed by atoms with Crippen molar-refractivity contribution in [1.29, 1.82) is 0 Å². The SMILES string of the molecule is C=C(C)COCC1CCN1. The molecule has 0 amide bonds. The number of nitrogens with one attached hydrogen (secondary N) is 1. The summed E-state index contributed by atoms with van der Waals surface area (Å²) >= 11 is 0. The van der Waals surface area contributed by atoms with Gasteiger partial charge in [-0.3, -0.25) is 0 Å². The third-order valence-electron chi connectivity index (χ3n) is 1.59. The fourth-order valence-corrected chi connectivity index (χ4v) is 0.866. The molecule has 0 radical (unpaired) electrons. The molecular formula is C8H15NO. The molecule has 0 saturated carbocycles. The molecule has 1 heterocycles. The van der Waals surface area contributed by atoms with Crippen molar-refractivity contribution < 1.29 is 4.74 Å². The molecule has 1 aliphatic heterocycles. The van der Waals surface area contributed by atoms with Crippen LogP contribution in [0, 0.1) is 0 Å². The molecule has 2 heteroatoms. The molecule has 0 bridgehead atoms. The van der Waals surface area contributed by atoms with Gasteiger partial charge in [-0.1, -0.05) is 12.2 Å². The highest BCUT2D eigenvalue weighted by atomic mass is 16.5. The van der Waals surface area contributed by atoms with Crippen molar-refractivity contribution in [3.63, 3.8) is 0 Å². The molecule has 1 saturated heterocycles. The highest BCUT2D eigenvalue weighted by Gasteiger charge is 2.15. The Morgan fingerprint density at radius 2 is 2.50 bits per heavy atom. The number of rotatable bonds is 4. The molecule has 0 aromatic carbocycles. The van der Waals surface area contributed by atoms with Gasteiger partial charge in [-0.15, -0.1) is 0 Å². The van der Waals surface area contributed by atoms with E-state index in [1.165, 1.54) is 6.42 Å². The van der Waals surface area contributed by atoms with E-state index in [1.807, 2.05) is 6.92 Å². The van der Waals surface area contributed by atoms with Gasteiger partial charge in [0.05, 0.1) is 13.2 Å². The number of ether oxygens (including phenoxy) is 1. The van der Waals surface area contributed by atoms with Gasteiger partial charge in [0.25, 0.3) is 0 Å². The van der Waals surface area contributed by atoms with Gasteiger partial charge in [-0.05, 0) is 19.9 Å². The van der Waals surface area contributed by atoms with E-state index >= 15 is 0 Å². The molecule has 0 aromatic rings. The third kappa shape index (κ3) is 2.50. The lowest BCUT2D eigenvalue weighted by atomic mass is 10.1. The van der Waals surface area contributed by atoms with Gasteiger partial charge in [0.15, 0.2) is 0 Å². The average Bonchev–Trinajstić information content (AvgIpc) is 1.75. The van der Waals surface area contributed by atoms with Crippen LogP contribution in [0.5, 0.6) is 0 Å². The molecule has 0 spiro atoms. The minimum Gasteiger partial charge on any atom is -0.376 e. The highest BCUT2D eigenvalue weighted by molar-refractivity contribution is 4.88. The van der Waals surface area contributed by atoms with Crippen LogP contribution in [0.25, 0.3) is 0 Å². The normalized spacial score (nSPS) is 23.9. The number of hydrogen-bond donors (Lipinski definition) is 1. The lowest BCUT2D eigenvalue weighted by Gasteiger charge is -2.27. The summed E-state index contributed by atoms with van der Waals surface area (Å²) in [5, 5.41) is 3.26. The Bertz CT molecular complexity index is 118. The van der Waals surface area contributed by atoms with Crippen LogP contribution in [0.2, 0.25) is 0 Å². The van der Waals surface area contributed by atoms with E-state index in [1.54, 1.807) is 0 Å². The maximum atomic E-state index is 5.34. The number of hydrogen-bond acceptors (Lipinski definition) is 2. The smallest absolute Gasteiger partial charge is 0.0672 e. The standard InChI is InChI=1S/C8H15NO/c1-7(2)5-10-6-8-3-4-9-8/h8-9H,1,3-6H2,2H3. The Labute approximate surface area is 62.3 Å². The Morgan fingerprint density at radius 3 is 2.90 bits per heavy atom. The summed E-state index contributed by atoms with van der Waals surface area (Å²) in [5.74, 6) is 0. The van der Waals surface area contributed by atoms with Crippen LogP contribution >= 0.6 is 0 Å². The molecule has 58 valence electrons. The van der Waals surface area contributed by atoms with Crippen molar-refractivity contribution in [1.82, 2.24) is 5.32 Å². The minimum absolute atomic E-state index is 0.611. The van der Waals surface area contributed by atoms with Crippen molar-refractivity contribution >= 4 is 0 Å². The maximum absolute atomic E-state index is 5.34. The minimum atomic E-state index is 0.611. The molecule has 1 fully saturated rings. The molecule has 2 nitrogen and oxygen atoms in total. The van der Waals surface area contributed by atoms with Crippen LogP contribution in [0.15, 0.2) is 12.2 Å². The Balaban J connectivity index is 1.89. The quantitative estimate of drug-likeness (QED) is 0.588. The first-order valence-electron chi connectivity index (χ1n) is 3.74. The average molecular weight is 141 g/mol. The summed E-state index contributed by atoms with van der Waals surface area (Å²) in [6.45, 7) is 8.43. The third-order valence-corrected chi connectivity index (χ3v) is 1.59. The molecule has 1 unspecified atom stereocenters. The van der Waals surface area contributed by atoms with Gasteiger partial charge in [0.1, 0.15) is 0 Å². The highest BCUT2D eigenvalue weighted by Crippen LogP contribution is 2.02. The zero-order valence-corrected chi connectivity index (χ0v) is 6.52. The largest absolute Gasteiger partial charge is 0.376 e. The lowest BCUT2D eigenvalue weighted by molar-refractivity contribution is 0.109. The molecule has 0 aromatic heterocycles. The van der Waals surface area contributed by atoms with Crippen molar-refractivity contribution in [2.75, 3.05) is 19.8 Å². The molecule has 1 atom stereocenters. The molecule has 1 rings (SSSR count). The monoisotopic (exact) mass is 141 g/mol. The summed E-state index contributed by atoms with van der Waals surface area (Å²) in [5.41, 5.74) is 1.10. The summed E-state index contributed by atoms with van der Waals surface area (Å²) in [7, 11) is 0. The van der Waals surface area contributed by atoms with Gasteiger partial charge in [0.2, 0.25) is 0 Å². The Kier molecular flexibility index (Phi) is 2.90. The summed E-state index contributed by atoms with van der Waals surface area (Å²) in [6, 6.07) is 0.611. The Morgan fingerprint density at radius 1 is 1.80 bits per heavy atom. The second-order valence-corrected chi connectivity index (χ2v) is 2.91. The van der Waals surface area contributed by atoms with Crippen LogP contribution in [0.1, 0.15) is 13.3 Å². The summed E-state index contributed by atoms with van der Waals surface area (Å²) in [6.07, 6.45) is 1.26. The van der Waals surface area contributed by atoms with E-state index in [-0.39, 0.29) is 0 Å². The first-order chi connectivity index (χ1) is 4.79. The molecular weight excluding hydrogens is 126 g/mol. The maximum Gasteiger partial charge on any atom is 0.0672 e. The molecule has 1 aliphatic rings. The topological polar surface area (TPSA) is 21.3 Å². The predicted molar refractivity (Wildman–Crippen MR) is 42.0 cm³/mol. The lowest BCUT2D eigenvalue weighted by Crippen LogP contribution is -2.46.